The van der Waals surface area contributed by atoms with Crippen molar-refractivity contribution in [2.75, 3.05) is 29.0 Å². The normalized spacial score (nSPS) is 13.6. The number of carbonyl (C=O) groups is 1. The standard InChI is InChI=1S/C22H27FN2O4S/c1-3-29-22(26)11-9-17-8-10-19(14-20(17)23)24-15-16-6-7-18-5-4-12-25(21(18)13-16)30(2,27)28/h6-8,10,13-14,24H,3-5,9,11-12,15H2,1-2H3. The largest absolute Gasteiger partial charge is 0.466 e. The number of nitrogens with one attached hydrogen (secondary N) is 1. The molecule has 0 aromatic heterocycles. The average molecular weight is 435 g/mol. The number of anilines is 2. The van der Waals surface area contributed by atoms with Crippen molar-refractivity contribution >= 4 is 27.4 Å². The lowest BCUT2D eigenvalue weighted by molar-refractivity contribution is -0.143. The van der Waals surface area contributed by atoms with Crippen LogP contribution in [0.3, 0.4) is 0 Å². The Labute approximate surface area is 177 Å². The molecule has 3 rings (SSSR count). The summed E-state index contributed by atoms with van der Waals surface area (Å²) in [5.74, 6) is -0.715. The van der Waals surface area contributed by atoms with Crippen molar-refractivity contribution in [2.45, 2.75) is 39.2 Å². The number of aryl methyl sites for hydroxylation is 2. The second-order valence-corrected chi connectivity index (χ2v) is 9.27. The van der Waals surface area contributed by atoms with E-state index in [9.17, 15) is 17.6 Å². The molecule has 0 aliphatic carbocycles. The molecule has 1 N–H and O–H groups in total. The molecule has 162 valence electrons. The summed E-state index contributed by atoms with van der Waals surface area (Å²) < 4.78 is 44.8. The van der Waals surface area contributed by atoms with E-state index in [1.165, 1.54) is 16.6 Å². The SMILES string of the molecule is CCOC(=O)CCc1ccc(NCc2ccc3c(c2)N(S(C)(=O)=O)CCC3)cc1F. The monoisotopic (exact) mass is 434 g/mol. The molecule has 0 saturated heterocycles. The maximum Gasteiger partial charge on any atom is 0.306 e. The first-order valence-corrected chi connectivity index (χ1v) is 11.9. The van der Waals surface area contributed by atoms with Crippen LogP contribution in [0.5, 0.6) is 0 Å². The number of fused-ring (bicyclic) bond motifs is 1. The number of hydrogen-bond acceptors (Lipinski definition) is 5. The number of rotatable bonds is 8. The van der Waals surface area contributed by atoms with E-state index in [0.29, 0.717) is 30.9 Å². The summed E-state index contributed by atoms with van der Waals surface area (Å²) in [6.07, 6.45) is 3.31. The minimum Gasteiger partial charge on any atom is -0.466 e. The van der Waals surface area contributed by atoms with Crippen molar-refractivity contribution < 1.29 is 22.3 Å². The Morgan fingerprint density at radius 2 is 2.03 bits per heavy atom. The van der Waals surface area contributed by atoms with E-state index in [4.69, 9.17) is 4.74 Å². The molecule has 0 radical (unpaired) electrons. The fourth-order valence-corrected chi connectivity index (χ4v) is 4.56. The Hall–Kier alpha value is -2.61. The zero-order chi connectivity index (χ0) is 21.7. The first kappa shape index (κ1) is 22.1. The molecule has 1 aliphatic heterocycles. The summed E-state index contributed by atoms with van der Waals surface area (Å²) in [5, 5.41) is 3.17. The van der Waals surface area contributed by atoms with Crippen molar-refractivity contribution in [3.05, 3.63) is 58.9 Å². The average Bonchev–Trinajstić information content (AvgIpc) is 2.70. The van der Waals surface area contributed by atoms with Gasteiger partial charge in [0.1, 0.15) is 5.82 Å². The number of benzene rings is 2. The van der Waals surface area contributed by atoms with Crippen LogP contribution in [0.1, 0.15) is 36.5 Å². The molecule has 0 bridgehead atoms. The molecule has 8 heteroatoms. The Kier molecular flexibility index (Phi) is 6.97. The van der Waals surface area contributed by atoms with E-state index < -0.39 is 10.0 Å². The summed E-state index contributed by atoms with van der Waals surface area (Å²) in [6, 6.07) is 10.6. The minimum absolute atomic E-state index is 0.142. The van der Waals surface area contributed by atoms with Gasteiger partial charge in [-0.1, -0.05) is 18.2 Å². The van der Waals surface area contributed by atoms with E-state index in [1.54, 1.807) is 19.1 Å². The van der Waals surface area contributed by atoms with Gasteiger partial charge in [-0.3, -0.25) is 9.10 Å². The second-order valence-electron chi connectivity index (χ2n) is 7.37. The molecule has 0 atom stereocenters. The van der Waals surface area contributed by atoms with Crippen molar-refractivity contribution in [1.29, 1.82) is 0 Å². The van der Waals surface area contributed by atoms with Crippen LogP contribution in [0.25, 0.3) is 0 Å². The molecule has 30 heavy (non-hydrogen) atoms. The van der Waals surface area contributed by atoms with Crippen molar-refractivity contribution in [1.82, 2.24) is 0 Å². The number of sulfonamides is 1. The minimum atomic E-state index is -3.32. The molecule has 2 aromatic carbocycles. The maximum atomic E-state index is 14.4. The lowest BCUT2D eigenvalue weighted by Crippen LogP contribution is -2.34. The van der Waals surface area contributed by atoms with Crippen LogP contribution in [0, 0.1) is 5.82 Å². The van der Waals surface area contributed by atoms with Crippen LogP contribution in [0.4, 0.5) is 15.8 Å². The first-order valence-electron chi connectivity index (χ1n) is 10.1. The number of carbonyl (C=O) groups excluding carboxylic acids is 1. The number of hydrogen-bond donors (Lipinski definition) is 1. The van der Waals surface area contributed by atoms with Crippen LogP contribution in [0.15, 0.2) is 36.4 Å². The van der Waals surface area contributed by atoms with Gasteiger partial charge in [-0.05, 0) is 61.1 Å². The molecular weight excluding hydrogens is 407 g/mol. The third-order valence-corrected chi connectivity index (χ3v) is 6.26. The van der Waals surface area contributed by atoms with Gasteiger partial charge in [0.15, 0.2) is 0 Å². The van der Waals surface area contributed by atoms with Gasteiger partial charge in [-0.2, -0.15) is 0 Å². The van der Waals surface area contributed by atoms with Gasteiger partial charge in [0.2, 0.25) is 10.0 Å². The number of esters is 1. The van der Waals surface area contributed by atoms with E-state index in [2.05, 4.69) is 5.32 Å². The summed E-state index contributed by atoms with van der Waals surface area (Å²) in [6.45, 7) is 2.97. The van der Waals surface area contributed by atoms with Gasteiger partial charge in [0.25, 0.3) is 0 Å². The van der Waals surface area contributed by atoms with Crippen LogP contribution < -0.4 is 9.62 Å². The molecule has 2 aromatic rings. The Morgan fingerprint density at radius 3 is 2.73 bits per heavy atom. The lowest BCUT2D eigenvalue weighted by atomic mass is 10.0. The summed E-state index contributed by atoms with van der Waals surface area (Å²) in [4.78, 5) is 11.4. The highest BCUT2D eigenvalue weighted by molar-refractivity contribution is 7.92. The zero-order valence-electron chi connectivity index (χ0n) is 17.3. The van der Waals surface area contributed by atoms with E-state index in [0.717, 1.165) is 29.7 Å². The van der Waals surface area contributed by atoms with Crippen molar-refractivity contribution in [2.24, 2.45) is 0 Å². The molecule has 1 heterocycles. The van der Waals surface area contributed by atoms with Crippen LogP contribution in [0.2, 0.25) is 0 Å². The molecular formula is C22H27FN2O4S. The van der Waals surface area contributed by atoms with Crippen molar-refractivity contribution in [3.8, 4) is 0 Å². The molecule has 0 unspecified atom stereocenters. The number of ether oxygens (including phenoxy) is 1. The van der Waals surface area contributed by atoms with Gasteiger partial charge >= 0.3 is 5.97 Å². The van der Waals surface area contributed by atoms with Gasteiger partial charge in [0, 0.05) is 25.2 Å². The van der Waals surface area contributed by atoms with Crippen LogP contribution in [-0.4, -0.2) is 33.8 Å². The fraction of sp³-hybridized carbons (Fsp3) is 0.409. The van der Waals surface area contributed by atoms with Crippen LogP contribution in [-0.2, 0) is 38.9 Å². The Bertz CT molecular complexity index is 1020. The number of halogens is 1. The predicted octanol–water partition coefficient (Wildman–Crippen LogP) is 3.65. The molecule has 1 aliphatic rings. The summed E-state index contributed by atoms with van der Waals surface area (Å²) in [5.41, 5.74) is 3.74. The predicted molar refractivity (Wildman–Crippen MR) is 116 cm³/mol. The zero-order valence-corrected chi connectivity index (χ0v) is 18.1. The smallest absolute Gasteiger partial charge is 0.306 e. The fourth-order valence-electron chi connectivity index (χ4n) is 3.58. The third-order valence-electron chi connectivity index (χ3n) is 5.08. The molecule has 0 saturated carbocycles. The van der Waals surface area contributed by atoms with Gasteiger partial charge in [-0.25, -0.2) is 12.8 Å². The second kappa shape index (κ2) is 9.47. The van der Waals surface area contributed by atoms with E-state index >= 15 is 0 Å². The van der Waals surface area contributed by atoms with E-state index in [1.807, 2.05) is 18.2 Å². The summed E-state index contributed by atoms with van der Waals surface area (Å²) >= 11 is 0. The first-order chi connectivity index (χ1) is 14.3. The van der Waals surface area contributed by atoms with Crippen LogP contribution >= 0.6 is 0 Å². The third kappa shape index (κ3) is 5.50. The molecule has 0 amide bonds. The van der Waals surface area contributed by atoms with Gasteiger partial charge in [-0.15, -0.1) is 0 Å². The molecule has 0 fully saturated rings. The van der Waals surface area contributed by atoms with E-state index in [-0.39, 0.29) is 24.6 Å². The van der Waals surface area contributed by atoms with Crippen molar-refractivity contribution in [3.63, 3.8) is 0 Å². The van der Waals surface area contributed by atoms with Gasteiger partial charge < -0.3 is 10.1 Å². The van der Waals surface area contributed by atoms with Gasteiger partial charge in [0.05, 0.1) is 18.6 Å². The highest BCUT2D eigenvalue weighted by atomic mass is 32.2. The lowest BCUT2D eigenvalue weighted by Gasteiger charge is -2.29. The highest BCUT2D eigenvalue weighted by Crippen LogP contribution is 2.30. The maximum absolute atomic E-state index is 14.4. The Morgan fingerprint density at radius 1 is 1.23 bits per heavy atom. The quantitative estimate of drug-likeness (QED) is 0.642. The topological polar surface area (TPSA) is 75.7 Å². The molecule has 6 nitrogen and oxygen atoms in total. The highest BCUT2D eigenvalue weighted by Gasteiger charge is 2.24. The molecule has 0 spiro atoms. The number of nitrogens with zero attached hydrogens (tertiary/aromatic N) is 1. The Balaban J connectivity index is 1.66. The summed E-state index contributed by atoms with van der Waals surface area (Å²) in [7, 11) is -3.32.